The summed E-state index contributed by atoms with van der Waals surface area (Å²) in [7, 11) is 1.69. The van der Waals surface area contributed by atoms with Crippen LogP contribution in [0.15, 0.2) is 22.7 Å². The summed E-state index contributed by atoms with van der Waals surface area (Å²) in [5, 5.41) is 0. The van der Waals surface area contributed by atoms with Crippen molar-refractivity contribution in [2.45, 2.75) is 38.6 Å². The van der Waals surface area contributed by atoms with E-state index in [9.17, 15) is 0 Å². The van der Waals surface area contributed by atoms with Gasteiger partial charge in [-0.15, -0.1) is 12.4 Å². The van der Waals surface area contributed by atoms with Gasteiger partial charge >= 0.3 is 0 Å². The van der Waals surface area contributed by atoms with Crippen molar-refractivity contribution in [3.05, 3.63) is 28.2 Å². The molecule has 0 aromatic heterocycles. The van der Waals surface area contributed by atoms with Crippen molar-refractivity contribution in [3.8, 4) is 5.75 Å². The predicted molar refractivity (Wildman–Crippen MR) is 79.0 cm³/mol. The number of unbranched alkanes of at least 4 members (excludes halogenated alkanes) is 2. The van der Waals surface area contributed by atoms with E-state index in [4.69, 9.17) is 10.5 Å². The van der Waals surface area contributed by atoms with Crippen molar-refractivity contribution in [3.63, 3.8) is 0 Å². The van der Waals surface area contributed by atoms with Gasteiger partial charge in [0.15, 0.2) is 0 Å². The average molecular weight is 323 g/mol. The summed E-state index contributed by atoms with van der Waals surface area (Å²) in [4.78, 5) is 0. The van der Waals surface area contributed by atoms with E-state index in [1.54, 1.807) is 7.11 Å². The Hall–Kier alpha value is -0.250. The van der Waals surface area contributed by atoms with Gasteiger partial charge in [0.2, 0.25) is 0 Å². The lowest BCUT2D eigenvalue weighted by Crippen LogP contribution is -2.11. The fraction of sp³-hybridized carbons (Fsp3) is 0.538. The number of methoxy groups -OCH3 is 1. The van der Waals surface area contributed by atoms with Crippen molar-refractivity contribution >= 4 is 28.3 Å². The van der Waals surface area contributed by atoms with Crippen LogP contribution in [0.3, 0.4) is 0 Å². The normalized spacial score (nSPS) is 11.8. The molecular formula is C13H21BrClNO. The van der Waals surface area contributed by atoms with Crippen molar-refractivity contribution in [1.82, 2.24) is 0 Å². The first-order chi connectivity index (χ1) is 7.69. The van der Waals surface area contributed by atoms with Crippen LogP contribution in [-0.4, -0.2) is 7.11 Å². The second-order valence-corrected chi connectivity index (χ2v) is 4.90. The first kappa shape index (κ1) is 16.8. The Balaban J connectivity index is 0.00000256. The van der Waals surface area contributed by atoms with Gasteiger partial charge in [-0.3, -0.25) is 0 Å². The van der Waals surface area contributed by atoms with Crippen molar-refractivity contribution < 1.29 is 4.74 Å². The first-order valence-electron chi connectivity index (χ1n) is 5.78. The molecule has 0 bridgehead atoms. The van der Waals surface area contributed by atoms with Crippen LogP contribution in [0.4, 0.5) is 0 Å². The number of nitrogens with two attached hydrogens (primary N) is 1. The second-order valence-electron chi connectivity index (χ2n) is 3.99. The SMILES string of the molecule is CCCCC[C@@H](N)c1cc(Br)ccc1OC.Cl. The van der Waals surface area contributed by atoms with Gasteiger partial charge in [0.05, 0.1) is 7.11 Å². The topological polar surface area (TPSA) is 35.2 Å². The van der Waals surface area contributed by atoms with Crippen LogP contribution in [0.25, 0.3) is 0 Å². The Morgan fingerprint density at radius 1 is 1.35 bits per heavy atom. The molecule has 0 amide bonds. The highest BCUT2D eigenvalue weighted by molar-refractivity contribution is 9.10. The van der Waals surface area contributed by atoms with Crippen LogP contribution in [0.2, 0.25) is 0 Å². The number of ether oxygens (including phenoxy) is 1. The highest BCUT2D eigenvalue weighted by Gasteiger charge is 2.11. The van der Waals surface area contributed by atoms with Gasteiger partial charge in [-0.1, -0.05) is 42.1 Å². The lowest BCUT2D eigenvalue weighted by Gasteiger charge is -2.15. The molecule has 4 heteroatoms. The van der Waals surface area contributed by atoms with E-state index in [1.165, 1.54) is 19.3 Å². The molecule has 2 nitrogen and oxygen atoms in total. The number of hydrogen-bond acceptors (Lipinski definition) is 2. The molecule has 17 heavy (non-hydrogen) atoms. The third-order valence-corrected chi connectivity index (χ3v) is 3.20. The number of hydrogen-bond donors (Lipinski definition) is 1. The Morgan fingerprint density at radius 2 is 2.06 bits per heavy atom. The van der Waals surface area contributed by atoms with E-state index in [0.717, 1.165) is 22.2 Å². The highest BCUT2D eigenvalue weighted by Crippen LogP contribution is 2.29. The van der Waals surface area contributed by atoms with E-state index in [1.807, 2.05) is 12.1 Å². The van der Waals surface area contributed by atoms with E-state index < -0.39 is 0 Å². The Morgan fingerprint density at radius 3 is 2.65 bits per heavy atom. The molecule has 0 unspecified atom stereocenters. The van der Waals surface area contributed by atoms with Gasteiger partial charge < -0.3 is 10.5 Å². The minimum Gasteiger partial charge on any atom is -0.496 e. The molecule has 0 saturated heterocycles. The van der Waals surface area contributed by atoms with Crippen molar-refractivity contribution in [1.29, 1.82) is 0 Å². The van der Waals surface area contributed by atoms with E-state index in [-0.39, 0.29) is 18.4 Å². The van der Waals surface area contributed by atoms with Gasteiger partial charge in [-0.05, 0) is 24.6 Å². The van der Waals surface area contributed by atoms with Gasteiger partial charge in [-0.2, -0.15) is 0 Å². The van der Waals surface area contributed by atoms with Gasteiger partial charge in [0.25, 0.3) is 0 Å². The molecule has 98 valence electrons. The largest absolute Gasteiger partial charge is 0.496 e. The maximum atomic E-state index is 6.18. The number of rotatable bonds is 6. The molecule has 0 spiro atoms. The summed E-state index contributed by atoms with van der Waals surface area (Å²) in [5.74, 6) is 0.882. The minimum absolute atomic E-state index is 0. The molecule has 0 saturated carbocycles. The average Bonchev–Trinajstić information content (AvgIpc) is 2.29. The summed E-state index contributed by atoms with van der Waals surface area (Å²) in [6.07, 6.45) is 4.65. The summed E-state index contributed by atoms with van der Waals surface area (Å²) in [6.45, 7) is 2.20. The van der Waals surface area contributed by atoms with Crippen LogP contribution in [0.1, 0.15) is 44.2 Å². The third kappa shape index (κ3) is 5.28. The van der Waals surface area contributed by atoms with E-state index in [0.29, 0.717) is 0 Å². The molecule has 1 rings (SSSR count). The summed E-state index contributed by atoms with van der Waals surface area (Å²) < 4.78 is 6.38. The lowest BCUT2D eigenvalue weighted by atomic mass is 10.0. The molecule has 0 aliphatic carbocycles. The third-order valence-electron chi connectivity index (χ3n) is 2.71. The molecule has 0 heterocycles. The van der Waals surface area contributed by atoms with Gasteiger partial charge in [0.1, 0.15) is 5.75 Å². The predicted octanol–water partition coefficient (Wildman–Crippen LogP) is 4.46. The molecule has 1 aromatic carbocycles. The summed E-state index contributed by atoms with van der Waals surface area (Å²) in [5.41, 5.74) is 7.27. The Labute approximate surface area is 118 Å². The molecule has 0 aliphatic rings. The highest BCUT2D eigenvalue weighted by atomic mass is 79.9. The maximum absolute atomic E-state index is 6.18. The number of benzene rings is 1. The van der Waals surface area contributed by atoms with Crippen LogP contribution >= 0.6 is 28.3 Å². The maximum Gasteiger partial charge on any atom is 0.123 e. The molecule has 0 radical (unpaired) electrons. The lowest BCUT2D eigenvalue weighted by molar-refractivity contribution is 0.403. The summed E-state index contributed by atoms with van der Waals surface area (Å²) >= 11 is 3.46. The number of halogens is 2. The molecule has 1 aromatic rings. The zero-order valence-electron chi connectivity index (χ0n) is 10.4. The van der Waals surface area contributed by atoms with Crippen molar-refractivity contribution in [2.24, 2.45) is 5.73 Å². The summed E-state index contributed by atoms with van der Waals surface area (Å²) in [6, 6.07) is 6.05. The minimum atomic E-state index is 0. The zero-order valence-corrected chi connectivity index (χ0v) is 12.8. The van der Waals surface area contributed by atoms with Gasteiger partial charge in [0, 0.05) is 16.1 Å². The van der Waals surface area contributed by atoms with Crippen LogP contribution in [-0.2, 0) is 0 Å². The Bertz CT molecular complexity index is 333. The zero-order chi connectivity index (χ0) is 12.0. The second kappa shape index (κ2) is 8.78. The monoisotopic (exact) mass is 321 g/mol. The molecule has 1 atom stereocenters. The molecule has 0 aliphatic heterocycles. The van der Waals surface area contributed by atoms with Gasteiger partial charge in [-0.25, -0.2) is 0 Å². The first-order valence-corrected chi connectivity index (χ1v) is 6.57. The fourth-order valence-corrected chi connectivity index (χ4v) is 2.14. The van der Waals surface area contributed by atoms with E-state index in [2.05, 4.69) is 28.9 Å². The standard InChI is InChI=1S/C13H20BrNO.ClH/c1-3-4-5-6-12(15)11-9-10(14)7-8-13(11)16-2;/h7-9,12H,3-6,15H2,1-2H3;1H/t12-;/m1./s1. The fourth-order valence-electron chi connectivity index (χ4n) is 1.76. The quantitative estimate of drug-likeness (QED) is 0.785. The van der Waals surface area contributed by atoms with Crippen LogP contribution in [0, 0.1) is 0 Å². The van der Waals surface area contributed by atoms with Crippen LogP contribution in [0.5, 0.6) is 5.75 Å². The smallest absolute Gasteiger partial charge is 0.123 e. The molecule has 0 fully saturated rings. The van der Waals surface area contributed by atoms with Crippen LogP contribution < -0.4 is 10.5 Å². The molecular weight excluding hydrogens is 302 g/mol. The molecule has 2 N–H and O–H groups in total. The van der Waals surface area contributed by atoms with E-state index >= 15 is 0 Å². The van der Waals surface area contributed by atoms with Crippen molar-refractivity contribution in [2.75, 3.05) is 7.11 Å². The Kier molecular flexibility index (Phi) is 8.66.